The van der Waals surface area contributed by atoms with Crippen molar-refractivity contribution in [1.82, 2.24) is 9.78 Å². The van der Waals surface area contributed by atoms with Crippen molar-refractivity contribution in [3.63, 3.8) is 0 Å². The fraction of sp³-hybridized carbons (Fsp3) is 0.200. The number of aromatic nitrogens is 2. The summed E-state index contributed by atoms with van der Waals surface area (Å²) in [5.74, 6) is -0.825. The minimum atomic E-state index is -4.54. The van der Waals surface area contributed by atoms with E-state index in [9.17, 15) is 22.4 Å². The SMILES string of the molecule is COCCOc1ccc(F)cc1NC(=O)c1ccc(-n2ccc(C(F)(F)F)n2)cc1. The molecule has 0 atom stereocenters. The summed E-state index contributed by atoms with van der Waals surface area (Å²) in [5.41, 5.74) is -0.316. The zero-order valence-electron chi connectivity index (χ0n) is 15.7. The molecule has 158 valence electrons. The molecular formula is C20H17F4N3O3. The standard InChI is InChI=1S/C20H17F4N3O3/c1-29-10-11-30-17-7-4-14(21)12-16(17)25-19(28)13-2-5-15(6-3-13)27-9-8-18(26-27)20(22,23)24/h2-9,12H,10-11H2,1H3,(H,25,28). The summed E-state index contributed by atoms with van der Waals surface area (Å²) in [6, 6.07) is 10.3. The molecule has 0 aliphatic rings. The van der Waals surface area contributed by atoms with Crippen LogP contribution >= 0.6 is 0 Å². The number of benzene rings is 2. The molecule has 0 radical (unpaired) electrons. The number of halogens is 4. The van der Waals surface area contributed by atoms with Gasteiger partial charge in [0.2, 0.25) is 0 Å². The molecule has 30 heavy (non-hydrogen) atoms. The summed E-state index contributed by atoms with van der Waals surface area (Å²) in [4.78, 5) is 12.5. The predicted octanol–water partition coefficient (Wildman–Crippen LogP) is 4.31. The van der Waals surface area contributed by atoms with Crippen LogP contribution in [-0.2, 0) is 10.9 Å². The third-order valence-electron chi connectivity index (χ3n) is 4.01. The van der Waals surface area contributed by atoms with E-state index in [-0.39, 0.29) is 23.6 Å². The number of nitrogens with zero attached hydrogens (tertiary/aromatic N) is 2. The Bertz CT molecular complexity index is 1020. The van der Waals surface area contributed by atoms with Crippen LogP contribution in [0.3, 0.4) is 0 Å². The lowest BCUT2D eigenvalue weighted by molar-refractivity contribution is -0.141. The van der Waals surface area contributed by atoms with Gasteiger partial charge in [0.05, 0.1) is 18.0 Å². The van der Waals surface area contributed by atoms with Crippen molar-refractivity contribution in [2.24, 2.45) is 0 Å². The maximum atomic E-state index is 13.6. The Morgan fingerprint density at radius 2 is 1.83 bits per heavy atom. The molecule has 0 spiro atoms. The fourth-order valence-electron chi connectivity index (χ4n) is 2.54. The topological polar surface area (TPSA) is 65.4 Å². The number of ether oxygens (including phenoxy) is 2. The molecule has 1 N–H and O–H groups in total. The van der Waals surface area contributed by atoms with E-state index in [0.717, 1.165) is 16.8 Å². The second-order valence-corrected chi connectivity index (χ2v) is 6.13. The van der Waals surface area contributed by atoms with E-state index in [1.165, 1.54) is 49.7 Å². The lowest BCUT2D eigenvalue weighted by atomic mass is 10.2. The second-order valence-electron chi connectivity index (χ2n) is 6.13. The normalized spacial score (nSPS) is 11.4. The van der Waals surface area contributed by atoms with Gasteiger partial charge in [0, 0.05) is 24.9 Å². The molecule has 1 heterocycles. The first kappa shape index (κ1) is 21.3. The summed E-state index contributed by atoms with van der Waals surface area (Å²) < 4.78 is 63.0. The highest BCUT2D eigenvalue weighted by atomic mass is 19.4. The van der Waals surface area contributed by atoms with Gasteiger partial charge in [-0.1, -0.05) is 0 Å². The molecule has 0 aliphatic heterocycles. The van der Waals surface area contributed by atoms with Crippen molar-refractivity contribution in [3.05, 3.63) is 71.8 Å². The molecule has 10 heteroatoms. The predicted molar refractivity (Wildman–Crippen MR) is 100 cm³/mol. The minimum absolute atomic E-state index is 0.141. The maximum absolute atomic E-state index is 13.6. The second kappa shape index (κ2) is 8.95. The van der Waals surface area contributed by atoms with Crippen molar-refractivity contribution in [3.8, 4) is 11.4 Å². The Morgan fingerprint density at radius 1 is 1.10 bits per heavy atom. The average Bonchev–Trinajstić information content (AvgIpc) is 3.21. The van der Waals surface area contributed by atoms with E-state index in [0.29, 0.717) is 12.3 Å². The molecule has 3 aromatic rings. The average molecular weight is 423 g/mol. The molecule has 0 aliphatic carbocycles. The van der Waals surface area contributed by atoms with Crippen LogP contribution in [0, 0.1) is 5.82 Å². The number of methoxy groups -OCH3 is 1. The van der Waals surface area contributed by atoms with Crippen LogP contribution in [-0.4, -0.2) is 36.0 Å². The number of rotatable bonds is 7. The van der Waals surface area contributed by atoms with Crippen LogP contribution in [0.25, 0.3) is 5.69 Å². The van der Waals surface area contributed by atoms with Gasteiger partial charge in [0.1, 0.15) is 18.2 Å². The van der Waals surface area contributed by atoms with Crippen molar-refractivity contribution in [2.45, 2.75) is 6.18 Å². The smallest absolute Gasteiger partial charge is 0.435 e. The monoisotopic (exact) mass is 423 g/mol. The summed E-state index contributed by atoms with van der Waals surface area (Å²) in [7, 11) is 1.51. The van der Waals surface area contributed by atoms with E-state index in [2.05, 4.69) is 10.4 Å². The van der Waals surface area contributed by atoms with Gasteiger partial charge in [-0.2, -0.15) is 18.3 Å². The molecule has 2 aromatic carbocycles. The highest BCUT2D eigenvalue weighted by Gasteiger charge is 2.33. The van der Waals surface area contributed by atoms with Gasteiger partial charge in [0.15, 0.2) is 5.69 Å². The number of nitrogens with one attached hydrogen (secondary N) is 1. The fourth-order valence-corrected chi connectivity index (χ4v) is 2.54. The number of hydrogen-bond acceptors (Lipinski definition) is 4. The van der Waals surface area contributed by atoms with Crippen molar-refractivity contribution >= 4 is 11.6 Å². The molecule has 3 rings (SSSR count). The molecule has 0 unspecified atom stereocenters. The van der Waals surface area contributed by atoms with Crippen LogP contribution in [0.1, 0.15) is 16.1 Å². The molecule has 1 amide bonds. The van der Waals surface area contributed by atoms with Crippen LogP contribution in [0.4, 0.5) is 23.2 Å². The van der Waals surface area contributed by atoms with Gasteiger partial charge in [-0.3, -0.25) is 4.79 Å². The molecular weight excluding hydrogens is 406 g/mol. The molecule has 1 aromatic heterocycles. The number of carbonyl (C=O) groups excluding carboxylic acids is 1. The number of carbonyl (C=O) groups is 1. The molecule has 0 saturated carbocycles. The number of hydrogen-bond donors (Lipinski definition) is 1. The lowest BCUT2D eigenvalue weighted by Gasteiger charge is -2.13. The van der Waals surface area contributed by atoms with Gasteiger partial charge in [-0.15, -0.1) is 0 Å². The first-order valence-corrected chi connectivity index (χ1v) is 8.74. The Labute approximate surface area is 169 Å². The van der Waals surface area contributed by atoms with Gasteiger partial charge < -0.3 is 14.8 Å². The summed E-state index contributed by atoms with van der Waals surface area (Å²) in [6.45, 7) is 0.527. The third kappa shape index (κ3) is 5.15. The first-order valence-electron chi connectivity index (χ1n) is 8.74. The van der Waals surface area contributed by atoms with E-state index in [1.807, 2.05) is 0 Å². The third-order valence-corrected chi connectivity index (χ3v) is 4.01. The quantitative estimate of drug-likeness (QED) is 0.455. The van der Waals surface area contributed by atoms with Gasteiger partial charge in [-0.25, -0.2) is 9.07 Å². The number of amides is 1. The highest BCUT2D eigenvalue weighted by molar-refractivity contribution is 6.05. The van der Waals surface area contributed by atoms with E-state index in [4.69, 9.17) is 9.47 Å². The van der Waals surface area contributed by atoms with E-state index in [1.54, 1.807) is 0 Å². The zero-order chi connectivity index (χ0) is 21.7. The summed E-state index contributed by atoms with van der Waals surface area (Å²) >= 11 is 0. The van der Waals surface area contributed by atoms with Crippen LogP contribution in [0.5, 0.6) is 5.75 Å². The number of alkyl halides is 3. The van der Waals surface area contributed by atoms with Gasteiger partial charge in [-0.05, 0) is 42.5 Å². The molecule has 0 bridgehead atoms. The van der Waals surface area contributed by atoms with Crippen LogP contribution in [0.15, 0.2) is 54.7 Å². The summed E-state index contributed by atoms with van der Waals surface area (Å²) in [5, 5.41) is 6.04. The lowest BCUT2D eigenvalue weighted by Crippen LogP contribution is -2.14. The maximum Gasteiger partial charge on any atom is 0.435 e. The Hall–Kier alpha value is -3.40. The van der Waals surface area contributed by atoms with Crippen molar-refractivity contribution in [1.29, 1.82) is 0 Å². The molecule has 0 fully saturated rings. The Kier molecular flexibility index (Phi) is 6.36. The Morgan fingerprint density at radius 3 is 2.47 bits per heavy atom. The van der Waals surface area contributed by atoms with Crippen LogP contribution in [0.2, 0.25) is 0 Å². The first-order chi connectivity index (χ1) is 14.3. The number of anilines is 1. The van der Waals surface area contributed by atoms with E-state index >= 15 is 0 Å². The molecule has 6 nitrogen and oxygen atoms in total. The van der Waals surface area contributed by atoms with Gasteiger partial charge in [0.25, 0.3) is 5.91 Å². The van der Waals surface area contributed by atoms with Gasteiger partial charge >= 0.3 is 6.18 Å². The van der Waals surface area contributed by atoms with Crippen LogP contribution < -0.4 is 10.1 Å². The van der Waals surface area contributed by atoms with E-state index < -0.39 is 23.6 Å². The largest absolute Gasteiger partial charge is 0.489 e. The van der Waals surface area contributed by atoms with Crippen molar-refractivity contribution in [2.75, 3.05) is 25.6 Å². The Balaban J connectivity index is 1.74. The minimum Gasteiger partial charge on any atom is -0.489 e. The summed E-state index contributed by atoms with van der Waals surface area (Å²) in [6.07, 6.45) is -3.37. The highest BCUT2D eigenvalue weighted by Crippen LogP contribution is 2.28. The zero-order valence-corrected chi connectivity index (χ0v) is 15.7. The molecule has 0 saturated heterocycles. The van der Waals surface area contributed by atoms with Crippen molar-refractivity contribution < 1.29 is 31.8 Å².